The first-order chi connectivity index (χ1) is 11.2. The van der Waals surface area contributed by atoms with Crippen LogP contribution in [0.4, 0.5) is 16.2 Å². The molecule has 6 heteroatoms. The summed E-state index contributed by atoms with van der Waals surface area (Å²) in [6.07, 6.45) is 0. The molecule has 1 heterocycles. The Morgan fingerprint density at radius 2 is 1.87 bits per heavy atom. The summed E-state index contributed by atoms with van der Waals surface area (Å²) in [4.78, 5) is 25.1. The maximum atomic E-state index is 11.9. The number of carbonyl (C=O) groups is 2. The van der Waals surface area contributed by atoms with Gasteiger partial charge in [-0.3, -0.25) is 9.69 Å². The fourth-order valence-electron chi connectivity index (χ4n) is 2.31. The monoisotopic (exact) mass is 311 g/mol. The maximum absolute atomic E-state index is 11.9. The number of ether oxygens (including phenoxy) is 1. The van der Waals surface area contributed by atoms with Crippen LogP contribution in [0.15, 0.2) is 54.6 Å². The van der Waals surface area contributed by atoms with Crippen molar-refractivity contribution >= 4 is 23.3 Å². The van der Waals surface area contributed by atoms with E-state index in [1.54, 1.807) is 41.3 Å². The molecule has 1 aliphatic heterocycles. The predicted molar refractivity (Wildman–Crippen MR) is 87.8 cm³/mol. The van der Waals surface area contributed by atoms with Gasteiger partial charge in [-0.15, -0.1) is 0 Å². The summed E-state index contributed by atoms with van der Waals surface area (Å²) in [7, 11) is 0. The zero-order valence-electron chi connectivity index (χ0n) is 12.5. The fourth-order valence-corrected chi connectivity index (χ4v) is 2.31. The molecule has 2 aromatic carbocycles. The molecule has 0 unspecified atom stereocenters. The molecule has 0 bridgehead atoms. The van der Waals surface area contributed by atoms with Crippen LogP contribution in [-0.2, 0) is 4.79 Å². The van der Waals surface area contributed by atoms with Gasteiger partial charge in [-0.25, -0.2) is 4.79 Å². The molecule has 1 fully saturated rings. The Morgan fingerprint density at radius 3 is 2.52 bits per heavy atom. The van der Waals surface area contributed by atoms with E-state index in [1.165, 1.54) is 0 Å². The highest BCUT2D eigenvalue weighted by atomic mass is 16.5. The molecule has 0 aromatic heterocycles. The SMILES string of the molecule is O=C(COc1ccccc1)Nc1ccc(N2CCNC2=O)cc1. The summed E-state index contributed by atoms with van der Waals surface area (Å²) < 4.78 is 5.39. The average molecular weight is 311 g/mol. The van der Waals surface area contributed by atoms with Gasteiger partial charge < -0.3 is 15.4 Å². The summed E-state index contributed by atoms with van der Waals surface area (Å²) in [5, 5.41) is 5.51. The van der Waals surface area contributed by atoms with Crippen molar-refractivity contribution in [1.82, 2.24) is 5.32 Å². The molecule has 23 heavy (non-hydrogen) atoms. The molecule has 0 atom stereocenters. The number of carbonyl (C=O) groups excluding carboxylic acids is 2. The highest BCUT2D eigenvalue weighted by Crippen LogP contribution is 2.19. The Kier molecular flexibility index (Phi) is 4.42. The lowest BCUT2D eigenvalue weighted by Crippen LogP contribution is -2.27. The maximum Gasteiger partial charge on any atom is 0.321 e. The highest BCUT2D eigenvalue weighted by molar-refractivity contribution is 5.95. The first kappa shape index (κ1) is 14.9. The van der Waals surface area contributed by atoms with Gasteiger partial charge in [0.1, 0.15) is 5.75 Å². The number of hydrogen-bond acceptors (Lipinski definition) is 3. The molecule has 1 aliphatic rings. The van der Waals surface area contributed by atoms with Crippen molar-refractivity contribution < 1.29 is 14.3 Å². The lowest BCUT2D eigenvalue weighted by atomic mass is 10.2. The molecule has 1 saturated heterocycles. The topological polar surface area (TPSA) is 70.7 Å². The van der Waals surface area contributed by atoms with Crippen LogP contribution in [0, 0.1) is 0 Å². The number of rotatable bonds is 5. The molecule has 118 valence electrons. The van der Waals surface area contributed by atoms with Crippen LogP contribution in [0.5, 0.6) is 5.75 Å². The van der Waals surface area contributed by atoms with Gasteiger partial charge in [0.15, 0.2) is 6.61 Å². The molecule has 0 spiro atoms. The quantitative estimate of drug-likeness (QED) is 0.889. The van der Waals surface area contributed by atoms with Gasteiger partial charge in [0.2, 0.25) is 0 Å². The number of urea groups is 1. The van der Waals surface area contributed by atoms with E-state index in [2.05, 4.69) is 10.6 Å². The van der Waals surface area contributed by atoms with Gasteiger partial charge in [0.25, 0.3) is 5.91 Å². The molecule has 6 nitrogen and oxygen atoms in total. The molecular weight excluding hydrogens is 294 g/mol. The molecule has 0 aliphatic carbocycles. The molecule has 2 N–H and O–H groups in total. The summed E-state index contributed by atoms with van der Waals surface area (Å²) in [6.45, 7) is 1.24. The third-order valence-electron chi connectivity index (χ3n) is 3.43. The summed E-state index contributed by atoms with van der Waals surface area (Å²) >= 11 is 0. The second-order valence-corrected chi connectivity index (χ2v) is 5.08. The van der Waals surface area contributed by atoms with Crippen LogP contribution in [0.1, 0.15) is 0 Å². The van der Waals surface area contributed by atoms with E-state index < -0.39 is 0 Å². The van der Waals surface area contributed by atoms with Crippen molar-refractivity contribution in [2.75, 3.05) is 29.9 Å². The van der Waals surface area contributed by atoms with E-state index in [0.29, 0.717) is 24.5 Å². The van der Waals surface area contributed by atoms with E-state index in [9.17, 15) is 9.59 Å². The molecule has 3 amide bonds. The summed E-state index contributed by atoms with van der Waals surface area (Å²) in [5.41, 5.74) is 1.47. The molecule has 0 saturated carbocycles. The second kappa shape index (κ2) is 6.83. The van der Waals surface area contributed by atoms with Crippen LogP contribution in [0.3, 0.4) is 0 Å². The third-order valence-corrected chi connectivity index (χ3v) is 3.43. The van der Waals surface area contributed by atoms with Crippen molar-refractivity contribution in [2.45, 2.75) is 0 Å². The Balaban J connectivity index is 1.53. The molecular formula is C17H17N3O3. The fraction of sp³-hybridized carbons (Fsp3) is 0.176. The Morgan fingerprint density at radius 1 is 1.13 bits per heavy atom. The minimum absolute atomic E-state index is 0.0553. The van der Waals surface area contributed by atoms with Gasteiger partial charge in [0.05, 0.1) is 0 Å². The first-order valence-corrected chi connectivity index (χ1v) is 7.35. The second-order valence-electron chi connectivity index (χ2n) is 5.08. The van der Waals surface area contributed by atoms with Crippen LogP contribution in [-0.4, -0.2) is 31.6 Å². The summed E-state index contributed by atoms with van der Waals surface area (Å²) in [6, 6.07) is 16.2. The summed E-state index contributed by atoms with van der Waals surface area (Å²) in [5.74, 6) is 0.415. The van der Waals surface area contributed by atoms with Crippen LogP contribution in [0.2, 0.25) is 0 Å². The van der Waals surface area contributed by atoms with Crippen molar-refractivity contribution in [1.29, 1.82) is 0 Å². The zero-order chi connectivity index (χ0) is 16.1. The number of hydrogen-bond donors (Lipinski definition) is 2. The van der Waals surface area contributed by atoms with Crippen LogP contribution >= 0.6 is 0 Å². The van der Waals surface area contributed by atoms with Crippen molar-refractivity contribution in [3.05, 3.63) is 54.6 Å². The zero-order valence-corrected chi connectivity index (χ0v) is 12.5. The standard InChI is InChI=1S/C17H17N3O3/c21-16(12-23-15-4-2-1-3-5-15)19-13-6-8-14(9-7-13)20-11-10-18-17(20)22/h1-9H,10-12H2,(H,18,22)(H,19,21). The van der Waals surface area contributed by atoms with Crippen LogP contribution in [0.25, 0.3) is 0 Å². The van der Waals surface area contributed by atoms with Gasteiger partial charge in [-0.05, 0) is 36.4 Å². The third kappa shape index (κ3) is 3.79. The van der Waals surface area contributed by atoms with E-state index in [1.807, 2.05) is 18.2 Å². The van der Waals surface area contributed by atoms with Gasteiger partial charge in [-0.2, -0.15) is 0 Å². The van der Waals surface area contributed by atoms with E-state index in [4.69, 9.17) is 4.74 Å². The number of anilines is 2. The van der Waals surface area contributed by atoms with E-state index in [-0.39, 0.29) is 18.5 Å². The van der Waals surface area contributed by atoms with Crippen molar-refractivity contribution in [3.63, 3.8) is 0 Å². The Bertz CT molecular complexity index is 686. The van der Waals surface area contributed by atoms with Gasteiger partial charge >= 0.3 is 6.03 Å². The Labute approximate surface area is 134 Å². The van der Waals surface area contributed by atoms with Crippen molar-refractivity contribution in [3.8, 4) is 5.75 Å². The number of para-hydroxylation sites is 1. The lowest BCUT2D eigenvalue weighted by Gasteiger charge is -2.14. The average Bonchev–Trinajstić information content (AvgIpc) is 3.01. The van der Waals surface area contributed by atoms with E-state index >= 15 is 0 Å². The molecule has 0 radical (unpaired) electrons. The predicted octanol–water partition coefficient (Wildman–Crippen LogP) is 2.23. The highest BCUT2D eigenvalue weighted by Gasteiger charge is 2.20. The number of benzene rings is 2. The van der Waals surface area contributed by atoms with Gasteiger partial charge in [0, 0.05) is 24.5 Å². The number of nitrogens with one attached hydrogen (secondary N) is 2. The normalized spacial score (nSPS) is 13.6. The smallest absolute Gasteiger partial charge is 0.321 e. The van der Waals surface area contributed by atoms with Crippen LogP contribution < -0.4 is 20.3 Å². The lowest BCUT2D eigenvalue weighted by molar-refractivity contribution is -0.118. The largest absolute Gasteiger partial charge is 0.484 e. The number of nitrogens with zero attached hydrogens (tertiary/aromatic N) is 1. The van der Waals surface area contributed by atoms with Gasteiger partial charge in [-0.1, -0.05) is 18.2 Å². The Hall–Kier alpha value is -3.02. The minimum Gasteiger partial charge on any atom is -0.484 e. The van der Waals surface area contributed by atoms with Crippen molar-refractivity contribution in [2.24, 2.45) is 0 Å². The van der Waals surface area contributed by atoms with E-state index in [0.717, 1.165) is 5.69 Å². The molecule has 3 rings (SSSR count). The molecule has 2 aromatic rings. The first-order valence-electron chi connectivity index (χ1n) is 7.35. The minimum atomic E-state index is -0.236. The number of amides is 3.